The molecule has 1 aromatic carbocycles. The monoisotopic (exact) mass is 314 g/mol. The summed E-state index contributed by atoms with van der Waals surface area (Å²) in [6, 6.07) is 4.74. The lowest BCUT2D eigenvalue weighted by atomic mass is 10.1. The number of carbonyl (C=O) groups is 2. The molecule has 120 valence electrons. The van der Waals surface area contributed by atoms with Crippen molar-refractivity contribution >= 4 is 17.5 Å². The fourth-order valence-electron chi connectivity index (χ4n) is 1.82. The summed E-state index contributed by atoms with van der Waals surface area (Å²) < 4.78 is 38.4. The van der Waals surface area contributed by atoms with E-state index in [1.54, 1.807) is 0 Å². The Morgan fingerprint density at radius 3 is 2.50 bits per heavy atom. The van der Waals surface area contributed by atoms with Gasteiger partial charge in [-0.3, -0.25) is 9.59 Å². The molecule has 0 fully saturated rings. The van der Waals surface area contributed by atoms with Crippen molar-refractivity contribution < 1.29 is 22.8 Å². The molecular formula is C15H17F3N2O2. The van der Waals surface area contributed by atoms with Gasteiger partial charge in [-0.2, -0.15) is 13.2 Å². The molecule has 7 heteroatoms. The van der Waals surface area contributed by atoms with Crippen LogP contribution in [-0.2, 0) is 15.8 Å². The van der Waals surface area contributed by atoms with Crippen LogP contribution in [0.2, 0.25) is 0 Å². The summed E-state index contributed by atoms with van der Waals surface area (Å²) in [5.74, 6) is -0.824. The lowest BCUT2D eigenvalue weighted by Crippen LogP contribution is -2.32. The topological polar surface area (TPSA) is 49.4 Å². The highest BCUT2D eigenvalue weighted by Crippen LogP contribution is 2.34. The fraction of sp³-hybridized carbons (Fsp3) is 0.333. The number of halogens is 3. The van der Waals surface area contributed by atoms with Gasteiger partial charge in [0, 0.05) is 26.4 Å². The Bertz CT molecular complexity index is 556. The van der Waals surface area contributed by atoms with Crippen molar-refractivity contribution in [2.75, 3.05) is 18.4 Å². The summed E-state index contributed by atoms with van der Waals surface area (Å²) in [6.07, 6.45) is -3.13. The van der Waals surface area contributed by atoms with Crippen LogP contribution in [0.4, 0.5) is 18.9 Å². The van der Waals surface area contributed by atoms with E-state index in [-0.39, 0.29) is 31.1 Å². The van der Waals surface area contributed by atoms with E-state index >= 15 is 0 Å². The van der Waals surface area contributed by atoms with Gasteiger partial charge in [0.15, 0.2) is 0 Å². The van der Waals surface area contributed by atoms with Crippen LogP contribution >= 0.6 is 0 Å². The summed E-state index contributed by atoms with van der Waals surface area (Å²) in [7, 11) is 0. The summed E-state index contributed by atoms with van der Waals surface area (Å²) in [4.78, 5) is 24.4. The molecule has 2 amide bonds. The van der Waals surface area contributed by atoms with E-state index in [1.165, 1.54) is 36.1 Å². The molecule has 0 atom stereocenters. The smallest absolute Gasteiger partial charge is 0.339 e. The molecule has 0 aliphatic carbocycles. The number of hydrogen-bond acceptors (Lipinski definition) is 2. The Hall–Kier alpha value is -2.31. The number of anilines is 1. The molecule has 0 heterocycles. The Morgan fingerprint density at radius 2 is 1.95 bits per heavy atom. The van der Waals surface area contributed by atoms with Gasteiger partial charge < -0.3 is 10.2 Å². The van der Waals surface area contributed by atoms with Gasteiger partial charge in [-0.05, 0) is 12.1 Å². The number of carbonyl (C=O) groups excluding carboxylic acids is 2. The van der Waals surface area contributed by atoms with Gasteiger partial charge in [0.05, 0.1) is 11.3 Å². The molecule has 22 heavy (non-hydrogen) atoms. The molecule has 4 nitrogen and oxygen atoms in total. The Morgan fingerprint density at radius 1 is 1.32 bits per heavy atom. The zero-order chi connectivity index (χ0) is 16.8. The maximum atomic E-state index is 12.8. The predicted molar refractivity (Wildman–Crippen MR) is 77.1 cm³/mol. The molecule has 0 aromatic heterocycles. The number of hydrogen-bond donors (Lipinski definition) is 1. The number of amides is 2. The van der Waals surface area contributed by atoms with E-state index in [9.17, 15) is 22.8 Å². The van der Waals surface area contributed by atoms with Crippen molar-refractivity contribution in [2.45, 2.75) is 19.5 Å². The van der Waals surface area contributed by atoms with Gasteiger partial charge in [-0.1, -0.05) is 18.2 Å². The van der Waals surface area contributed by atoms with Gasteiger partial charge in [-0.15, -0.1) is 6.58 Å². The summed E-state index contributed by atoms with van der Waals surface area (Å²) in [5.41, 5.74) is -1.20. The minimum absolute atomic E-state index is 0.0976. The number of benzene rings is 1. The van der Waals surface area contributed by atoms with Gasteiger partial charge >= 0.3 is 6.18 Å². The third kappa shape index (κ3) is 5.23. The van der Waals surface area contributed by atoms with Crippen LogP contribution in [0.25, 0.3) is 0 Å². The average molecular weight is 314 g/mol. The second kappa shape index (κ2) is 7.63. The molecule has 1 rings (SSSR count). The van der Waals surface area contributed by atoms with Crippen LogP contribution in [0.5, 0.6) is 0 Å². The van der Waals surface area contributed by atoms with E-state index in [4.69, 9.17) is 0 Å². The molecule has 0 spiro atoms. The fourth-order valence-corrected chi connectivity index (χ4v) is 1.82. The molecule has 0 bridgehead atoms. The zero-order valence-electron chi connectivity index (χ0n) is 12.1. The SMILES string of the molecule is C=CCN(CCC(=O)Nc1ccccc1C(F)(F)F)C(C)=O. The zero-order valence-corrected chi connectivity index (χ0v) is 12.1. The molecule has 0 saturated carbocycles. The van der Waals surface area contributed by atoms with Crippen LogP contribution in [0.3, 0.4) is 0 Å². The number of nitrogens with zero attached hydrogens (tertiary/aromatic N) is 1. The third-order valence-electron chi connectivity index (χ3n) is 2.91. The molecule has 0 aliphatic rings. The Balaban J connectivity index is 2.70. The number of alkyl halides is 3. The van der Waals surface area contributed by atoms with Crippen molar-refractivity contribution in [3.8, 4) is 0 Å². The van der Waals surface area contributed by atoms with E-state index in [0.717, 1.165) is 6.07 Å². The van der Waals surface area contributed by atoms with Gasteiger partial charge in [0.25, 0.3) is 0 Å². The van der Waals surface area contributed by atoms with Crippen molar-refractivity contribution in [3.05, 3.63) is 42.5 Å². The lowest BCUT2D eigenvalue weighted by molar-refractivity contribution is -0.137. The highest BCUT2D eigenvalue weighted by Gasteiger charge is 2.33. The minimum atomic E-state index is -4.54. The number of rotatable bonds is 6. The van der Waals surface area contributed by atoms with E-state index < -0.39 is 17.6 Å². The highest BCUT2D eigenvalue weighted by atomic mass is 19.4. The van der Waals surface area contributed by atoms with Crippen LogP contribution < -0.4 is 5.32 Å². The number of nitrogens with one attached hydrogen (secondary N) is 1. The summed E-state index contributed by atoms with van der Waals surface area (Å²) in [6.45, 7) is 5.24. The predicted octanol–water partition coefficient (Wildman–Crippen LogP) is 3.07. The minimum Gasteiger partial charge on any atom is -0.339 e. The maximum Gasteiger partial charge on any atom is 0.418 e. The van der Waals surface area contributed by atoms with E-state index in [0.29, 0.717) is 0 Å². The van der Waals surface area contributed by atoms with Crippen LogP contribution in [0, 0.1) is 0 Å². The second-order valence-corrected chi connectivity index (χ2v) is 4.60. The summed E-state index contributed by atoms with van der Waals surface area (Å²) >= 11 is 0. The van der Waals surface area contributed by atoms with Crippen molar-refractivity contribution in [2.24, 2.45) is 0 Å². The third-order valence-corrected chi connectivity index (χ3v) is 2.91. The van der Waals surface area contributed by atoms with Crippen LogP contribution in [0.1, 0.15) is 18.9 Å². The summed E-state index contributed by atoms with van der Waals surface area (Å²) in [5, 5.41) is 2.23. The molecule has 0 aliphatic heterocycles. The molecule has 0 saturated heterocycles. The normalized spacial score (nSPS) is 10.9. The van der Waals surface area contributed by atoms with Gasteiger partial charge in [-0.25, -0.2) is 0 Å². The quantitative estimate of drug-likeness (QED) is 0.820. The van der Waals surface area contributed by atoms with E-state index in [1.807, 2.05) is 0 Å². The van der Waals surface area contributed by atoms with Crippen molar-refractivity contribution in [1.82, 2.24) is 4.90 Å². The largest absolute Gasteiger partial charge is 0.418 e. The first kappa shape index (κ1) is 17.7. The molecule has 1 aromatic rings. The molecule has 0 unspecified atom stereocenters. The standard InChI is InChI=1S/C15H17F3N2O2/c1-3-9-20(11(2)21)10-8-14(22)19-13-7-5-4-6-12(13)15(16,17)18/h3-7H,1,8-10H2,2H3,(H,19,22). The molecule has 1 N–H and O–H groups in total. The average Bonchev–Trinajstić information content (AvgIpc) is 2.42. The first-order valence-corrected chi connectivity index (χ1v) is 6.58. The Labute approximate surface area is 126 Å². The van der Waals surface area contributed by atoms with Gasteiger partial charge in [0.1, 0.15) is 0 Å². The first-order valence-electron chi connectivity index (χ1n) is 6.58. The molecular weight excluding hydrogens is 297 g/mol. The lowest BCUT2D eigenvalue weighted by Gasteiger charge is -2.19. The van der Waals surface area contributed by atoms with Crippen LogP contribution in [-0.4, -0.2) is 29.8 Å². The van der Waals surface area contributed by atoms with Crippen molar-refractivity contribution in [1.29, 1.82) is 0 Å². The molecule has 0 radical (unpaired) electrons. The van der Waals surface area contributed by atoms with Crippen molar-refractivity contribution in [3.63, 3.8) is 0 Å². The van der Waals surface area contributed by atoms with E-state index in [2.05, 4.69) is 11.9 Å². The highest BCUT2D eigenvalue weighted by molar-refractivity contribution is 5.92. The maximum absolute atomic E-state index is 12.8. The van der Waals surface area contributed by atoms with Gasteiger partial charge in [0.2, 0.25) is 11.8 Å². The van der Waals surface area contributed by atoms with Crippen LogP contribution in [0.15, 0.2) is 36.9 Å². The number of para-hydroxylation sites is 1. The first-order chi connectivity index (χ1) is 10.3. The second-order valence-electron chi connectivity index (χ2n) is 4.60. The Kier molecular flexibility index (Phi) is 6.15.